The van der Waals surface area contributed by atoms with Gasteiger partial charge in [0, 0.05) is 6.54 Å². The number of nitrogens with zero attached hydrogens (tertiary/aromatic N) is 1. The summed E-state index contributed by atoms with van der Waals surface area (Å²) in [6.07, 6.45) is 1.36. The van der Waals surface area contributed by atoms with E-state index in [1.165, 1.54) is 13.3 Å². The molecule has 0 fully saturated rings. The Balaban J connectivity index is 2.73. The molecule has 0 spiro atoms. The summed E-state index contributed by atoms with van der Waals surface area (Å²) in [5, 5.41) is 6.60. The van der Waals surface area contributed by atoms with Crippen molar-refractivity contribution in [3.8, 4) is 11.5 Å². The van der Waals surface area contributed by atoms with Crippen molar-refractivity contribution < 1.29 is 19.1 Å². The van der Waals surface area contributed by atoms with Crippen molar-refractivity contribution >= 4 is 29.6 Å². The van der Waals surface area contributed by atoms with Gasteiger partial charge in [0.25, 0.3) is 0 Å². The van der Waals surface area contributed by atoms with Crippen molar-refractivity contribution in [1.82, 2.24) is 10.7 Å². The predicted molar refractivity (Wildman–Crippen MR) is 92.8 cm³/mol. The summed E-state index contributed by atoms with van der Waals surface area (Å²) in [6, 6.07) is 3.28. The van der Waals surface area contributed by atoms with Crippen LogP contribution in [0.1, 0.15) is 26.3 Å². The molecule has 0 aromatic heterocycles. The van der Waals surface area contributed by atoms with E-state index in [2.05, 4.69) is 15.8 Å². The zero-order chi connectivity index (χ0) is 18.1. The molecule has 0 saturated carbocycles. The second-order valence-corrected chi connectivity index (χ2v) is 5.68. The van der Waals surface area contributed by atoms with Gasteiger partial charge in [0.2, 0.25) is 0 Å². The molecule has 2 N–H and O–H groups in total. The molecule has 0 aliphatic heterocycles. The zero-order valence-corrected chi connectivity index (χ0v) is 14.9. The summed E-state index contributed by atoms with van der Waals surface area (Å²) < 4.78 is 10.6. The number of benzene rings is 1. The van der Waals surface area contributed by atoms with Gasteiger partial charge in [0.15, 0.2) is 11.5 Å². The molecule has 0 unspecified atom stereocenters. The van der Waals surface area contributed by atoms with Gasteiger partial charge >= 0.3 is 11.8 Å². The molecule has 0 heterocycles. The van der Waals surface area contributed by atoms with Crippen LogP contribution in [0.2, 0.25) is 5.02 Å². The maximum atomic E-state index is 11.6. The fraction of sp³-hybridized carbons (Fsp3) is 0.438. The average molecular weight is 356 g/mol. The Morgan fingerprint density at radius 1 is 1.33 bits per heavy atom. The Labute approximate surface area is 146 Å². The Bertz CT molecular complexity index is 618. The fourth-order valence-corrected chi connectivity index (χ4v) is 2.01. The van der Waals surface area contributed by atoms with Gasteiger partial charge in [0.1, 0.15) is 0 Å². The molecule has 1 aromatic carbocycles. The number of hydrogen-bond acceptors (Lipinski definition) is 5. The minimum absolute atomic E-state index is 0.253. The molecule has 0 bridgehead atoms. The zero-order valence-electron chi connectivity index (χ0n) is 14.2. The third-order valence-electron chi connectivity index (χ3n) is 2.79. The molecular formula is C16H22ClN3O4. The quantitative estimate of drug-likeness (QED) is 0.444. The van der Waals surface area contributed by atoms with Crippen LogP contribution in [0.3, 0.4) is 0 Å². The van der Waals surface area contributed by atoms with E-state index in [0.717, 1.165) is 0 Å². The molecule has 0 saturated heterocycles. The highest BCUT2D eigenvalue weighted by Crippen LogP contribution is 2.35. The van der Waals surface area contributed by atoms with Crippen LogP contribution < -0.4 is 20.2 Å². The first-order valence-corrected chi connectivity index (χ1v) is 7.88. The number of hydrogen-bond donors (Lipinski definition) is 2. The van der Waals surface area contributed by atoms with Gasteiger partial charge in [-0.1, -0.05) is 25.4 Å². The van der Waals surface area contributed by atoms with E-state index in [0.29, 0.717) is 35.2 Å². The molecule has 24 heavy (non-hydrogen) atoms. The van der Waals surface area contributed by atoms with Gasteiger partial charge in [0.05, 0.1) is 25.0 Å². The van der Waals surface area contributed by atoms with Crippen LogP contribution in [-0.2, 0) is 9.59 Å². The van der Waals surface area contributed by atoms with Crippen LogP contribution in [0.4, 0.5) is 0 Å². The van der Waals surface area contributed by atoms with Crippen molar-refractivity contribution in [2.75, 3.05) is 20.3 Å². The maximum absolute atomic E-state index is 11.6. The molecule has 132 valence electrons. The summed E-state index contributed by atoms with van der Waals surface area (Å²) in [7, 11) is 1.49. The molecule has 2 amide bonds. The average Bonchev–Trinajstić information content (AvgIpc) is 2.52. The highest BCUT2D eigenvalue weighted by molar-refractivity contribution is 6.35. The number of carbonyl (C=O) groups excluding carboxylic acids is 2. The molecule has 8 heteroatoms. The first-order chi connectivity index (χ1) is 11.4. The summed E-state index contributed by atoms with van der Waals surface area (Å²) in [5.41, 5.74) is 2.75. The van der Waals surface area contributed by atoms with E-state index in [-0.39, 0.29) is 5.92 Å². The lowest BCUT2D eigenvalue weighted by atomic mass is 10.2. The van der Waals surface area contributed by atoms with Gasteiger partial charge < -0.3 is 14.8 Å². The number of nitrogens with one attached hydrogen (secondary N) is 2. The van der Waals surface area contributed by atoms with Crippen molar-refractivity contribution in [2.45, 2.75) is 20.8 Å². The van der Waals surface area contributed by atoms with Crippen LogP contribution in [0.15, 0.2) is 17.2 Å². The highest BCUT2D eigenvalue weighted by Gasteiger charge is 2.13. The molecule has 0 aliphatic rings. The number of methoxy groups -OCH3 is 1. The summed E-state index contributed by atoms with van der Waals surface area (Å²) in [4.78, 5) is 23.1. The fourth-order valence-electron chi connectivity index (χ4n) is 1.72. The third-order valence-corrected chi connectivity index (χ3v) is 3.07. The lowest BCUT2D eigenvalue weighted by molar-refractivity contribution is -0.139. The SMILES string of the molecule is CCOc1cc(/C=N\NC(=O)C(=O)NCC(C)C)cc(Cl)c1OC. The first-order valence-electron chi connectivity index (χ1n) is 7.50. The van der Waals surface area contributed by atoms with Crippen LogP contribution in [-0.4, -0.2) is 38.3 Å². The standard InChI is InChI=1S/C16H22ClN3O4/c1-5-24-13-7-11(6-12(17)14(13)23-4)9-19-20-16(22)15(21)18-8-10(2)3/h6-7,9-10H,5,8H2,1-4H3,(H,18,21)(H,20,22)/b19-9-. The molecular weight excluding hydrogens is 334 g/mol. The lowest BCUT2D eigenvalue weighted by Crippen LogP contribution is -2.39. The number of rotatable bonds is 7. The van der Waals surface area contributed by atoms with E-state index >= 15 is 0 Å². The largest absolute Gasteiger partial charge is 0.491 e. The number of carbonyl (C=O) groups is 2. The minimum atomic E-state index is -0.837. The second-order valence-electron chi connectivity index (χ2n) is 5.27. The molecule has 0 aliphatic carbocycles. The Hall–Kier alpha value is -2.28. The van der Waals surface area contributed by atoms with Crippen LogP contribution in [0.25, 0.3) is 0 Å². The smallest absolute Gasteiger partial charge is 0.329 e. The molecule has 0 atom stereocenters. The van der Waals surface area contributed by atoms with Crippen LogP contribution in [0.5, 0.6) is 11.5 Å². The van der Waals surface area contributed by atoms with Crippen LogP contribution in [0, 0.1) is 5.92 Å². The Morgan fingerprint density at radius 2 is 2.04 bits per heavy atom. The van der Waals surface area contributed by atoms with E-state index in [9.17, 15) is 9.59 Å². The Kier molecular flexibility index (Phi) is 8.05. The monoisotopic (exact) mass is 355 g/mol. The van der Waals surface area contributed by atoms with Gasteiger partial charge in [-0.2, -0.15) is 5.10 Å². The van der Waals surface area contributed by atoms with E-state index in [4.69, 9.17) is 21.1 Å². The second kappa shape index (κ2) is 9.77. The third kappa shape index (κ3) is 6.08. The summed E-state index contributed by atoms with van der Waals surface area (Å²) in [6.45, 7) is 6.56. The van der Waals surface area contributed by atoms with Gasteiger partial charge in [-0.3, -0.25) is 9.59 Å². The van der Waals surface area contributed by atoms with E-state index < -0.39 is 11.8 Å². The first kappa shape index (κ1) is 19.8. The summed E-state index contributed by atoms with van der Waals surface area (Å²) >= 11 is 6.12. The number of hydrazone groups is 1. The number of amides is 2. The molecule has 1 aromatic rings. The van der Waals surface area contributed by atoms with Crippen molar-refractivity contribution in [1.29, 1.82) is 0 Å². The topological polar surface area (TPSA) is 89.0 Å². The molecule has 0 radical (unpaired) electrons. The van der Waals surface area contributed by atoms with Gasteiger partial charge in [-0.05, 0) is 30.5 Å². The lowest BCUT2D eigenvalue weighted by Gasteiger charge is -2.11. The highest BCUT2D eigenvalue weighted by atomic mass is 35.5. The molecule has 7 nitrogen and oxygen atoms in total. The maximum Gasteiger partial charge on any atom is 0.329 e. The number of halogens is 1. The van der Waals surface area contributed by atoms with Crippen molar-refractivity contribution in [3.63, 3.8) is 0 Å². The summed E-state index contributed by atoms with van der Waals surface area (Å²) in [5.74, 6) is -0.424. The van der Waals surface area contributed by atoms with Gasteiger partial charge in [-0.15, -0.1) is 0 Å². The Morgan fingerprint density at radius 3 is 2.62 bits per heavy atom. The number of ether oxygens (including phenoxy) is 2. The van der Waals surface area contributed by atoms with E-state index in [1.54, 1.807) is 12.1 Å². The predicted octanol–water partition coefficient (Wildman–Crippen LogP) is 1.97. The van der Waals surface area contributed by atoms with Crippen LogP contribution >= 0.6 is 11.6 Å². The molecule has 1 rings (SSSR count). The van der Waals surface area contributed by atoms with Crippen molar-refractivity contribution in [2.24, 2.45) is 11.0 Å². The normalized spacial score (nSPS) is 10.8. The minimum Gasteiger partial charge on any atom is -0.491 e. The van der Waals surface area contributed by atoms with Gasteiger partial charge in [-0.25, -0.2) is 5.43 Å². The van der Waals surface area contributed by atoms with E-state index in [1.807, 2.05) is 20.8 Å². The van der Waals surface area contributed by atoms with Crippen molar-refractivity contribution in [3.05, 3.63) is 22.7 Å².